The van der Waals surface area contributed by atoms with Crippen LogP contribution in [0.15, 0.2) is 18.2 Å². The molecule has 86 valence electrons. The lowest BCUT2D eigenvalue weighted by atomic mass is 9.84. The van der Waals surface area contributed by atoms with Crippen LogP contribution < -0.4 is 10.1 Å². The standard InChI is InChI=1S/C13H17NO2/c1-15-11-4-2-3-10-9-16-13(12(10)11)5-7-14-8-6-13/h2-4,14H,5-9H2,1H3. The Kier molecular flexibility index (Phi) is 2.37. The van der Waals surface area contributed by atoms with Gasteiger partial charge in [-0.15, -0.1) is 0 Å². The Balaban J connectivity index is 2.08. The van der Waals surface area contributed by atoms with Crippen molar-refractivity contribution >= 4 is 0 Å². The van der Waals surface area contributed by atoms with Crippen LogP contribution in [0.5, 0.6) is 5.75 Å². The summed E-state index contributed by atoms with van der Waals surface area (Å²) >= 11 is 0. The van der Waals surface area contributed by atoms with Gasteiger partial charge in [-0.3, -0.25) is 0 Å². The predicted molar refractivity (Wildman–Crippen MR) is 61.6 cm³/mol. The predicted octanol–water partition coefficient (Wildman–Crippen LogP) is 1.80. The molecule has 0 atom stereocenters. The molecule has 2 aliphatic heterocycles. The van der Waals surface area contributed by atoms with Crippen molar-refractivity contribution in [2.75, 3.05) is 20.2 Å². The highest BCUT2D eigenvalue weighted by atomic mass is 16.5. The average molecular weight is 219 g/mol. The molecule has 0 unspecified atom stereocenters. The Bertz CT molecular complexity index is 391. The van der Waals surface area contributed by atoms with E-state index in [0.717, 1.165) is 38.3 Å². The van der Waals surface area contributed by atoms with E-state index >= 15 is 0 Å². The summed E-state index contributed by atoms with van der Waals surface area (Å²) in [6.45, 7) is 2.78. The Morgan fingerprint density at radius 3 is 2.88 bits per heavy atom. The first kappa shape index (κ1) is 10.1. The molecular formula is C13H17NO2. The highest BCUT2D eigenvalue weighted by Gasteiger charge is 2.43. The van der Waals surface area contributed by atoms with Crippen LogP contribution in [0.2, 0.25) is 0 Å². The van der Waals surface area contributed by atoms with Crippen LogP contribution >= 0.6 is 0 Å². The van der Waals surface area contributed by atoms with Crippen molar-refractivity contribution in [3.8, 4) is 5.75 Å². The molecule has 2 aliphatic rings. The number of methoxy groups -OCH3 is 1. The Morgan fingerprint density at radius 1 is 1.31 bits per heavy atom. The Labute approximate surface area is 95.8 Å². The molecule has 3 nitrogen and oxygen atoms in total. The molecule has 3 heteroatoms. The Hall–Kier alpha value is -1.06. The topological polar surface area (TPSA) is 30.5 Å². The molecule has 0 saturated carbocycles. The molecule has 1 saturated heterocycles. The molecule has 2 heterocycles. The smallest absolute Gasteiger partial charge is 0.125 e. The van der Waals surface area contributed by atoms with Gasteiger partial charge in [-0.05, 0) is 37.6 Å². The average Bonchev–Trinajstić information content (AvgIpc) is 2.70. The van der Waals surface area contributed by atoms with Gasteiger partial charge in [0.15, 0.2) is 0 Å². The minimum absolute atomic E-state index is 0.0901. The van der Waals surface area contributed by atoms with E-state index in [2.05, 4.69) is 11.4 Å². The van der Waals surface area contributed by atoms with Gasteiger partial charge in [-0.25, -0.2) is 0 Å². The van der Waals surface area contributed by atoms with Crippen molar-refractivity contribution in [3.05, 3.63) is 29.3 Å². The van der Waals surface area contributed by atoms with E-state index in [9.17, 15) is 0 Å². The van der Waals surface area contributed by atoms with E-state index in [1.807, 2.05) is 12.1 Å². The number of piperidine rings is 1. The largest absolute Gasteiger partial charge is 0.496 e. The zero-order valence-corrected chi connectivity index (χ0v) is 9.58. The van der Waals surface area contributed by atoms with E-state index < -0.39 is 0 Å². The molecule has 16 heavy (non-hydrogen) atoms. The van der Waals surface area contributed by atoms with Crippen LogP contribution in [-0.4, -0.2) is 20.2 Å². The van der Waals surface area contributed by atoms with E-state index in [1.54, 1.807) is 7.11 Å². The first-order valence-corrected chi connectivity index (χ1v) is 5.87. The molecule has 1 aromatic carbocycles. The maximum Gasteiger partial charge on any atom is 0.125 e. The Morgan fingerprint density at radius 2 is 2.12 bits per heavy atom. The third kappa shape index (κ3) is 1.35. The SMILES string of the molecule is COc1cccc2c1C1(CCNCC1)OC2. The van der Waals surface area contributed by atoms with Crippen LogP contribution in [0.4, 0.5) is 0 Å². The first-order chi connectivity index (χ1) is 7.86. The fourth-order valence-corrected chi connectivity index (χ4v) is 2.90. The highest BCUT2D eigenvalue weighted by molar-refractivity contribution is 5.46. The third-order valence-corrected chi connectivity index (χ3v) is 3.70. The normalized spacial score (nSPS) is 22.1. The minimum atomic E-state index is -0.0901. The van der Waals surface area contributed by atoms with Crippen LogP contribution in [0.1, 0.15) is 24.0 Å². The molecule has 0 amide bonds. The van der Waals surface area contributed by atoms with Gasteiger partial charge in [0, 0.05) is 5.56 Å². The first-order valence-electron chi connectivity index (χ1n) is 5.87. The van der Waals surface area contributed by atoms with E-state index in [1.165, 1.54) is 11.1 Å². The van der Waals surface area contributed by atoms with Crippen molar-refractivity contribution in [2.45, 2.75) is 25.0 Å². The lowest BCUT2D eigenvalue weighted by Gasteiger charge is -2.34. The summed E-state index contributed by atoms with van der Waals surface area (Å²) in [6, 6.07) is 6.23. The van der Waals surface area contributed by atoms with Crippen LogP contribution in [0, 0.1) is 0 Å². The maximum absolute atomic E-state index is 6.07. The van der Waals surface area contributed by atoms with Gasteiger partial charge >= 0.3 is 0 Å². The zero-order chi connectivity index (χ0) is 11.0. The van der Waals surface area contributed by atoms with Gasteiger partial charge in [0.05, 0.1) is 19.3 Å². The second-order valence-corrected chi connectivity index (χ2v) is 4.53. The number of hydrogen-bond donors (Lipinski definition) is 1. The molecule has 0 radical (unpaired) electrons. The summed E-state index contributed by atoms with van der Waals surface area (Å²) in [5.41, 5.74) is 2.49. The molecule has 1 fully saturated rings. The van der Waals surface area contributed by atoms with Crippen molar-refractivity contribution in [1.82, 2.24) is 5.32 Å². The fraction of sp³-hybridized carbons (Fsp3) is 0.538. The quantitative estimate of drug-likeness (QED) is 0.781. The lowest BCUT2D eigenvalue weighted by Crippen LogP contribution is -2.39. The number of fused-ring (bicyclic) bond motifs is 2. The molecule has 1 spiro atoms. The molecular weight excluding hydrogens is 202 g/mol. The number of ether oxygens (including phenoxy) is 2. The maximum atomic E-state index is 6.07. The summed E-state index contributed by atoms with van der Waals surface area (Å²) in [6.07, 6.45) is 2.08. The molecule has 1 N–H and O–H groups in total. The third-order valence-electron chi connectivity index (χ3n) is 3.70. The summed E-state index contributed by atoms with van der Waals surface area (Å²) in [7, 11) is 1.74. The second kappa shape index (κ2) is 3.75. The second-order valence-electron chi connectivity index (χ2n) is 4.53. The van der Waals surface area contributed by atoms with Crippen molar-refractivity contribution in [3.63, 3.8) is 0 Å². The molecule has 0 aliphatic carbocycles. The van der Waals surface area contributed by atoms with E-state index in [0.29, 0.717) is 0 Å². The van der Waals surface area contributed by atoms with Crippen molar-refractivity contribution in [1.29, 1.82) is 0 Å². The van der Waals surface area contributed by atoms with Gasteiger partial charge in [-0.1, -0.05) is 12.1 Å². The molecule has 1 aromatic rings. The molecule has 0 aromatic heterocycles. The number of benzene rings is 1. The van der Waals surface area contributed by atoms with Gasteiger partial charge in [0.1, 0.15) is 5.75 Å². The monoisotopic (exact) mass is 219 g/mol. The minimum Gasteiger partial charge on any atom is -0.496 e. The summed E-state index contributed by atoms with van der Waals surface area (Å²) < 4.78 is 11.6. The van der Waals surface area contributed by atoms with Crippen LogP contribution in [-0.2, 0) is 16.9 Å². The zero-order valence-electron chi connectivity index (χ0n) is 9.58. The fourth-order valence-electron chi connectivity index (χ4n) is 2.90. The number of rotatable bonds is 1. The van der Waals surface area contributed by atoms with Gasteiger partial charge in [-0.2, -0.15) is 0 Å². The lowest BCUT2D eigenvalue weighted by molar-refractivity contribution is -0.0599. The van der Waals surface area contributed by atoms with Gasteiger partial charge in [0.2, 0.25) is 0 Å². The molecule has 0 bridgehead atoms. The summed E-state index contributed by atoms with van der Waals surface area (Å²) in [4.78, 5) is 0. The summed E-state index contributed by atoms with van der Waals surface area (Å²) in [5.74, 6) is 0.983. The highest BCUT2D eigenvalue weighted by Crippen LogP contribution is 2.47. The van der Waals surface area contributed by atoms with E-state index in [-0.39, 0.29) is 5.60 Å². The molecule has 3 rings (SSSR count). The van der Waals surface area contributed by atoms with E-state index in [4.69, 9.17) is 9.47 Å². The van der Waals surface area contributed by atoms with Crippen molar-refractivity contribution in [2.24, 2.45) is 0 Å². The number of nitrogens with one attached hydrogen (secondary N) is 1. The van der Waals surface area contributed by atoms with Crippen LogP contribution in [0.25, 0.3) is 0 Å². The number of hydrogen-bond acceptors (Lipinski definition) is 3. The van der Waals surface area contributed by atoms with Crippen LogP contribution in [0.3, 0.4) is 0 Å². The van der Waals surface area contributed by atoms with Gasteiger partial charge in [0.25, 0.3) is 0 Å². The van der Waals surface area contributed by atoms with Crippen molar-refractivity contribution < 1.29 is 9.47 Å². The van der Waals surface area contributed by atoms with Gasteiger partial charge < -0.3 is 14.8 Å². The summed E-state index contributed by atoms with van der Waals surface area (Å²) in [5, 5.41) is 3.38.